The molecule has 8 heteroatoms. The third-order valence-corrected chi connectivity index (χ3v) is 6.20. The van der Waals surface area contributed by atoms with Crippen LogP contribution in [-0.4, -0.2) is 54.2 Å². The zero-order valence-corrected chi connectivity index (χ0v) is 16.5. The minimum atomic E-state index is -0.929. The van der Waals surface area contributed by atoms with Crippen LogP contribution in [-0.2, 0) is 16.1 Å². The third-order valence-electron chi connectivity index (χ3n) is 6.20. The molecule has 2 saturated heterocycles. The van der Waals surface area contributed by atoms with Crippen LogP contribution in [0.15, 0.2) is 18.2 Å². The number of benzene rings is 1. The molecule has 0 aromatic heterocycles. The fraction of sp³-hybridized carbons (Fsp3) is 0.524. The first-order valence-corrected chi connectivity index (χ1v) is 10.1. The monoisotopic (exact) mass is 398 g/mol. The van der Waals surface area contributed by atoms with Crippen molar-refractivity contribution in [2.45, 2.75) is 45.2 Å². The number of imide groups is 2. The summed E-state index contributed by atoms with van der Waals surface area (Å²) in [6, 6.07) is 4.31. The van der Waals surface area contributed by atoms with Crippen LogP contribution in [0, 0.1) is 5.41 Å². The van der Waals surface area contributed by atoms with Crippen LogP contribution >= 0.6 is 0 Å². The van der Waals surface area contributed by atoms with Crippen molar-refractivity contribution in [2.75, 3.05) is 19.6 Å². The van der Waals surface area contributed by atoms with Gasteiger partial charge < -0.3 is 10.6 Å². The van der Waals surface area contributed by atoms with Gasteiger partial charge >= 0.3 is 0 Å². The van der Waals surface area contributed by atoms with Crippen molar-refractivity contribution in [3.8, 4) is 0 Å². The van der Waals surface area contributed by atoms with E-state index in [1.807, 2.05) is 6.07 Å². The lowest BCUT2D eigenvalue weighted by Crippen LogP contribution is -2.54. The number of nitrogens with one attached hydrogen (secondary N) is 3. The van der Waals surface area contributed by atoms with E-state index >= 15 is 0 Å². The van der Waals surface area contributed by atoms with Crippen molar-refractivity contribution in [3.05, 3.63) is 34.9 Å². The Morgan fingerprint density at radius 3 is 2.55 bits per heavy atom. The number of carbonyl (C=O) groups excluding carboxylic acids is 4. The predicted molar refractivity (Wildman–Crippen MR) is 105 cm³/mol. The van der Waals surface area contributed by atoms with Crippen LogP contribution in [0.1, 0.15) is 58.9 Å². The molecule has 1 aromatic rings. The SMILES string of the molecule is CC1(CNCc2ccc3c(c2)C(=O)N(C2CCC(=O)NC2=O)C3=O)CCNCC1. The number of hydrogen-bond acceptors (Lipinski definition) is 6. The van der Waals surface area contributed by atoms with Crippen molar-refractivity contribution in [1.29, 1.82) is 0 Å². The second kappa shape index (κ2) is 7.68. The minimum absolute atomic E-state index is 0.118. The molecule has 1 aromatic carbocycles. The van der Waals surface area contributed by atoms with Crippen LogP contribution in [0.4, 0.5) is 0 Å². The Kier molecular flexibility index (Phi) is 5.23. The molecule has 3 aliphatic heterocycles. The summed E-state index contributed by atoms with van der Waals surface area (Å²) >= 11 is 0. The van der Waals surface area contributed by atoms with E-state index in [-0.39, 0.29) is 24.2 Å². The Balaban J connectivity index is 1.44. The number of nitrogens with zero attached hydrogens (tertiary/aromatic N) is 1. The van der Waals surface area contributed by atoms with Gasteiger partial charge in [0.1, 0.15) is 6.04 Å². The Bertz CT molecular complexity index is 875. The molecule has 4 amide bonds. The summed E-state index contributed by atoms with van der Waals surface area (Å²) in [5, 5.41) is 9.06. The van der Waals surface area contributed by atoms with Gasteiger partial charge in [0.25, 0.3) is 11.8 Å². The van der Waals surface area contributed by atoms with Crippen molar-refractivity contribution in [3.63, 3.8) is 0 Å². The molecule has 0 spiro atoms. The van der Waals surface area contributed by atoms with Gasteiger partial charge in [0.05, 0.1) is 11.1 Å². The van der Waals surface area contributed by atoms with Crippen LogP contribution < -0.4 is 16.0 Å². The summed E-state index contributed by atoms with van der Waals surface area (Å²) < 4.78 is 0. The summed E-state index contributed by atoms with van der Waals surface area (Å²) in [6.45, 7) is 5.84. The fourth-order valence-electron chi connectivity index (χ4n) is 4.34. The molecule has 1 unspecified atom stereocenters. The van der Waals surface area contributed by atoms with E-state index in [1.165, 1.54) is 0 Å². The molecule has 29 heavy (non-hydrogen) atoms. The Hall–Kier alpha value is -2.58. The van der Waals surface area contributed by atoms with Crippen LogP contribution in [0.25, 0.3) is 0 Å². The second-order valence-corrected chi connectivity index (χ2v) is 8.49. The Labute approximate surface area is 169 Å². The fourth-order valence-corrected chi connectivity index (χ4v) is 4.34. The molecule has 3 N–H and O–H groups in total. The molecular formula is C21H26N4O4. The molecule has 154 valence electrons. The standard InChI is InChI=1S/C21H26N4O4/c1-21(6-8-22-9-7-21)12-23-11-13-2-3-14-15(10-13)20(29)25(19(14)28)16-4-5-17(26)24-18(16)27/h2-3,10,16,22-23H,4-9,11-12H2,1H3,(H,24,26,27). The lowest BCUT2D eigenvalue weighted by atomic mass is 9.81. The normalized spacial score (nSPS) is 23.9. The number of carbonyl (C=O) groups is 4. The molecule has 3 aliphatic rings. The lowest BCUT2D eigenvalue weighted by Gasteiger charge is -2.34. The number of piperidine rings is 2. The predicted octanol–water partition coefficient (Wildman–Crippen LogP) is 0.567. The van der Waals surface area contributed by atoms with Gasteiger partial charge in [-0.3, -0.25) is 29.4 Å². The molecule has 0 bridgehead atoms. The maximum absolute atomic E-state index is 12.9. The van der Waals surface area contributed by atoms with E-state index in [0.717, 1.165) is 42.9 Å². The molecule has 2 fully saturated rings. The van der Waals surface area contributed by atoms with E-state index in [1.54, 1.807) is 12.1 Å². The molecule has 3 heterocycles. The first kappa shape index (κ1) is 19.7. The topological polar surface area (TPSA) is 108 Å². The van der Waals surface area contributed by atoms with E-state index < -0.39 is 23.8 Å². The highest BCUT2D eigenvalue weighted by Crippen LogP contribution is 2.29. The van der Waals surface area contributed by atoms with Crippen molar-refractivity contribution in [2.24, 2.45) is 5.41 Å². The molecule has 0 radical (unpaired) electrons. The van der Waals surface area contributed by atoms with Gasteiger partial charge in [0, 0.05) is 19.5 Å². The van der Waals surface area contributed by atoms with Gasteiger partial charge in [-0.2, -0.15) is 0 Å². The average molecular weight is 398 g/mol. The highest BCUT2D eigenvalue weighted by atomic mass is 16.2. The minimum Gasteiger partial charge on any atom is -0.317 e. The largest absolute Gasteiger partial charge is 0.317 e. The van der Waals surface area contributed by atoms with Gasteiger partial charge in [-0.1, -0.05) is 13.0 Å². The van der Waals surface area contributed by atoms with Gasteiger partial charge in [-0.15, -0.1) is 0 Å². The maximum atomic E-state index is 12.9. The third kappa shape index (κ3) is 3.82. The van der Waals surface area contributed by atoms with Crippen molar-refractivity contribution in [1.82, 2.24) is 20.9 Å². The average Bonchev–Trinajstić information content (AvgIpc) is 2.93. The number of hydrogen-bond donors (Lipinski definition) is 3. The molecule has 8 nitrogen and oxygen atoms in total. The van der Waals surface area contributed by atoms with Gasteiger partial charge in [0.15, 0.2) is 0 Å². The highest BCUT2D eigenvalue weighted by Gasteiger charge is 2.44. The summed E-state index contributed by atoms with van der Waals surface area (Å²) in [7, 11) is 0. The van der Waals surface area contributed by atoms with Crippen LogP contribution in [0.3, 0.4) is 0 Å². The molecule has 0 aliphatic carbocycles. The molecule has 4 rings (SSSR count). The molecule has 1 atom stereocenters. The maximum Gasteiger partial charge on any atom is 0.262 e. The number of amides is 4. The van der Waals surface area contributed by atoms with Gasteiger partial charge in [-0.05, 0) is 55.5 Å². The molecular weight excluding hydrogens is 372 g/mol. The summed E-state index contributed by atoms with van der Waals surface area (Å²) in [5.41, 5.74) is 1.82. The van der Waals surface area contributed by atoms with Crippen molar-refractivity contribution < 1.29 is 19.2 Å². The summed E-state index contributed by atoms with van der Waals surface area (Å²) in [5.74, 6) is -1.90. The number of rotatable bonds is 5. The second-order valence-electron chi connectivity index (χ2n) is 8.49. The van der Waals surface area contributed by atoms with Crippen molar-refractivity contribution >= 4 is 23.6 Å². The van der Waals surface area contributed by atoms with Crippen LogP contribution in [0.2, 0.25) is 0 Å². The smallest absolute Gasteiger partial charge is 0.262 e. The highest BCUT2D eigenvalue weighted by molar-refractivity contribution is 6.23. The summed E-state index contributed by atoms with van der Waals surface area (Å²) in [6.07, 6.45) is 2.53. The van der Waals surface area contributed by atoms with Crippen LogP contribution in [0.5, 0.6) is 0 Å². The summed E-state index contributed by atoms with van der Waals surface area (Å²) in [4.78, 5) is 50.1. The Morgan fingerprint density at radius 1 is 1.10 bits per heavy atom. The van der Waals surface area contributed by atoms with E-state index in [4.69, 9.17) is 0 Å². The molecule has 0 saturated carbocycles. The first-order chi connectivity index (χ1) is 13.9. The van der Waals surface area contributed by atoms with E-state index in [0.29, 0.717) is 17.7 Å². The number of fused-ring (bicyclic) bond motifs is 1. The quantitative estimate of drug-likeness (QED) is 0.626. The van der Waals surface area contributed by atoms with E-state index in [2.05, 4.69) is 22.9 Å². The van der Waals surface area contributed by atoms with E-state index in [9.17, 15) is 19.2 Å². The zero-order chi connectivity index (χ0) is 20.6. The Morgan fingerprint density at radius 2 is 1.83 bits per heavy atom. The van der Waals surface area contributed by atoms with Gasteiger partial charge in [0.2, 0.25) is 11.8 Å². The zero-order valence-electron chi connectivity index (χ0n) is 16.5. The lowest BCUT2D eigenvalue weighted by molar-refractivity contribution is -0.136. The first-order valence-electron chi connectivity index (χ1n) is 10.1. The van der Waals surface area contributed by atoms with Gasteiger partial charge in [-0.25, -0.2) is 0 Å².